The van der Waals surface area contributed by atoms with Crippen LogP contribution in [0.25, 0.3) is 33.2 Å². The highest BCUT2D eigenvalue weighted by molar-refractivity contribution is 5.95. The summed E-state index contributed by atoms with van der Waals surface area (Å²) < 4.78 is 1.81. The summed E-state index contributed by atoms with van der Waals surface area (Å²) in [5, 5.41) is 9.44. The standard InChI is InChI=1S/C20H23N7/c1-25-5-7-27(8-6-25)13-14-9-16-17(12-22-20(16)21-11-14)15-3-4-18-19(10-15)26(2)24-23-18/h3-4,9-12H,5-8,13H2,1-2H3,(H,21,22). The molecule has 0 bridgehead atoms. The molecule has 27 heavy (non-hydrogen) atoms. The number of hydrogen-bond donors (Lipinski definition) is 1. The molecule has 0 atom stereocenters. The second-order valence-corrected chi connectivity index (χ2v) is 7.44. The highest BCUT2D eigenvalue weighted by Crippen LogP contribution is 2.30. The van der Waals surface area contributed by atoms with E-state index in [0.717, 1.165) is 60.4 Å². The molecule has 5 rings (SSSR count). The molecule has 0 aliphatic carbocycles. The van der Waals surface area contributed by atoms with Gasteiger partial charge >= 0.3 is 0 Å². The van der Waals surface area contributed by atoms with Crippen LogP contribution >= 0.6 is 0 Å². The summed E-state index contributed by atoms with van der Waals surface area (Å²) in [5.74, 6) is 0. The fraction of sp³-hybridized carbons (Fsp3) is 0.350. The van der Waals surface area contributed by atoms with E-state index >= 15 is 0 Å². The summed E-state index contributed by atoms with van der Waals surface area (Å²) >= 11 is 0. The highest BCUT2D eigenvalue weighted by Gasteiger charge is 2.15. The molecule has 0 amide bonds. The van der Waals surface area contributed by atoms with Crippen LogP contribution in [0.4, 0.5) is 0 Å². The maximum Gasteiger partial charge on any atom is 0.137 e. The molecular formula is C20H23N7. The third-order valence-corrected chi connectivity index (χ3v) is 5.51. The molecule has 1 saturated heterocycles. The number of H-pyrrole nitrogens is 1. The number of piperazine rings is 1. The maximum atomic E-state index is 4.66. The SMILES string of the molecule is CN1CCN(Cc2cnc3[nH]cc(-c4ccc5nnn(C)c5c4)c3c2)CC1. The molecule has 0 unspecified atom stereocenters. The Morgan fingerprint density at radius 2 is 1.93 bits per heavy atom. The monoisotopic (exact) mass is 361 g/mol. The first-order valence-corrected chi connectivity index (χ1v) is 9.34. The average Bonchev–Trinajstić information content (AvgIpc) is 3.27. The van der Waals surface area contributed by atoms with Crippen LogP contribution in [-0.2, 0) is 13.6 Å². The van der Waals surface area contributed by atoms with Gasteiger partial charge in [0, 0.05) is 63.1 Å². The molecule has 7 heteroatoms. The minimum absolute atomic E-state index is 0.912. The lowest BCUT2D eigenvalue weighted by molar-refractivity contribution is 0.148. The van der Waals surface area contributed by atoms with E-state index in [1.807, 2.05) is 30.2 Å². The van der Waals surface area contributed by atoms with Crippen molar-refractivity contribution in [1.29, 1.82) is 0 Å². The molecule has 1 fully saturated rings. The summed E-state index contributed by atoms with van der Waals surface area (Å²) in [5.41, 5.74) is 6.45. The van der Waals surface area contributed by atoms with Crippen LogP contribution in [0.1, 0.15) is 5.56 Å². The topological polar surface area (TPSA) is 65.9 Å². The summed E-state index contributed by atoms with van der Waals surface area (Å²) in [7, 11) is 4.11. The zero-order chi connectivity index (χ0) is 18.4. The maximum absolute atomic E-state index is 4.66. The lowest BCUT2D eigenvalue weighted by Gasteiger charge is -2.32. The van der Waals surface area contributed by atoms with Crippen LogP contribution in [0.3, 0.4) is 0 Å². The Kier molecular flexibility index (Phi) is 3.91. The van der Waals surface area contributed by atoms with Crippen LogP contribution in [0, 0.1) is 0 Å². The highest BCUT2D eigenvalue weighted by atomic mass is 15.4. The van der Waals surface area contributed by atoms with Crippen LogP contribution in [0.2, 0.25) is 0 Å². The molecule has 1 aromatic carbocycles. The number of hydrogen-bond acceptors (Lipinski definition) is 5. The Hall–Kier alpha value is -2.77. The predicted molar refractivity (Wildman–Crippen MR) is 106 cm³/mol. The molecule has 4 aromatic rings. The van der Waals surface area contributed by atoms with Crippen LogP contribution in [-0.4, -0.2) is 68.0 Å². The van der Waals surface area contributed by atoms with Crippen molar-refractivity contribution in [2.75, 3.05) is 33.2 Å². The molecule has 4 heterocycles. The van der Waals surface area contributed by atoms with E-state index in [1.165, 1.54) is 11.1 Å². The molecule has 138 valence electrons. The average molecular weight is 361 g/mol. The van der Waals surface area contributed by atoms with Gasteiger partial charge in [-0.3, -0.25) is 4.90 Å². The van der Waals surface area contributed by atoms with Gasteiger partial charge in [0.15, 0.2) is 0 Å². The number of aromatic amines is 1. The lowest BCUT2D eigenvalue weighted by atomic mass is 10.0. The molecule has 1 N–H and O–H groups in total. The first kappa shape index (κ1) is 16.4. The van der Waals surface area contributed by atoms with Crippen LogP contribution < -0.4 is 0 Å². The number of fused-ring (bicyclic) bond motifs is 2. The third-order valence-electron chi connectivity index (χ3n) is 5.51. The third kappa shape index (κ3) is 2.98. The van der Waals surface area contributed by atoms with Crippen molar-refractivity contribution >= 4 is 22.1 Å². The van der Waals surface area contributed by atoms with E-state index in [9.17, 15) is 0 Å². The summed E-state index contributed by atoms with van der Waals surface area (Å²) in [6.45, 7) is 5.43. The Labute approximate surface area is 157 Å². The Morgan fingerprint density at radius 1 is 1.07 bits per heavy atom. The fourth-order valence-corrected chi connectivity index (χ4v) is 3.83. The van der Waals surface area contributed by atoms with Crippen molar-refractivity contribution in [3.8, 4) is 11.1 Å². The van der Waals surface area contributed by atoms with E-state index in [2.05, 4.69) is 55.3 Å². The van der Waals surface area contributed by atoms with Crippen molar-refractivity contribution < 1.29 is 0 Å². The Bertz CT molecular complexity index is 1100. The van der Waals surface area contributed by atoms with Crippen molar-refractivity contribution in [3.63, 3.8) is 0 Å². The lowest BCUT2D eigenvalue weighted by Crippen LogP contribution is -2.43. The van der Waals surface area contributed by atoms with Gasteiger partial charge in [0.25, 0.3) is 0 Å². The minimum Gasteiger partial charge on any atom is -0.346 e. The number of nitrogens with zero attached hydrogens (tertiary/aromatic N) is 6. The van der Waals surface area contributed by atoms with Gasteiger partial charge in [-0.2, -0.15) is 0 Å². The van der Waals surface area contributed by atoms with Crippen molar-refractivity contribution in [1.82, 2.24) is 34.8 Å². The van der Waals surface area contributed by atoms with Crippen molar-refractivity contribution in [3.05, 3.63) is 42.2 Å². The van der Waals surface area contributed by atoms with E-state index in [0.29, 0.717) is 0 Å². The van der Waals surface area contributed by atoms with Gasteiger partial charge in [0.1, 0.15) is 11.2 Å². The molecule has 0 spiro atoms. The molecule has 0 saturated carbocycles. The number of pyridine rings is 1. The Balaban J connectivity index is 1.50. The fourth-order valence-electron chi connectivity index (χ4n) is 3.83. The van der Waals surface area contributed by atoms with Crippen molar-refractivity contribution in [2.45, 2.75) is 6.54 Å². The zero-order valence-corrected chi connectivity index (χ0v) is 15.7. The van der Waals surface area contributed by atoms with E-state index in [4.69, 9.17) is 0 Å². The van der Waals surface area contributed by atoms with Crippen LogP contribution in [0.15, 0.2) is 36.7 Å². The van der Waals surface area contributed by atoms with E-state index in [-0.39, 0.29) is 0 Å². The summed E-state index contributed by atoms with van der Waals surface area (Å²) in [6.07, 6.45) is 4.04. The van der Waals surface area contributed by atoms with Gasteiger partial charge < -0.3 is 9.88 Å². The molecule has 0 radical (unpaired) electrons. The van der Waals surface area contributed by atoms with Gasteiger partial charge in [0.05, 0.1) is 5.52 Å². The largest absolute Gasteiger partial charge is 0.346 e. The number of rotatable bonds is 3. The van der Waals surface area contributed by atoms with Crippen molar-refractivity contribution in [2.24, 2.45) is 7.05 Å². The van der Waals surface area contributed by atoms with E-state index < -0.39 is 0 Å². The first-order chi connectivity index (χ1) is 13.2. The zero-order valence-electron chi connectivity index (χ0n) is 15.7. The van der Waals surface area contributed by atoms with Gasteiger partial charge in [-0.15, -0.1) is 5.10 Å². The van der Waals surface area contributed by atoms with Gasteiger partial charge in [-0.25, -0.2) is 9.67 Å². The van der Waals surface area contributed by atoms with Crippen LogP contribution in [0.5, 0.6) is 0 Å². The number of benzene rings is 1. The smallest absolute Gasteiger partial charge is 0.137 e. The first-order valence-electron chi connectivity index (χ1n) is 9.34. The number of likely N-dealkylation sites (N-methyl/N-ethyl adjacent to an activating group) is 1. The number of nitrogens with one attached hydrogen (secondary N) is 1. The minimum atomic E-state index is 0.912. The van der Waals surface area contributed by atoms with E-state index in [1.54, 1.807) is 0 Å². The van der Waals surface area contributed by atoms with Gasteiger partial charge in [-0.1, -0.05) is 11.3 Å². The summed E-state index contributed by atoms with van der Waals surface area (Å²) in [6, 6.07) is 8.55. The molecular weight excluding hydrogens is 338 g/mol. The molecule has 7 nitrogen and oxygen atoms in total. The predicted octanol–water partition coefficient (Wildman–Crippen LogP) is 2.26. The Morgan fingerprint density at radius 3 is 2.78 bits per heavy atom. The molecule has 1 aliphatic heterocycles. The second kappa shape index (κ2) is 6.44. The molecule has 3 aromatic heterocycles. The normalized spacial score (nSPS) is 16.5. The van der Waals surface area contributed by atoms with Gasteiger partial charge in [0.2, 0.25) is 0 Å². The van der Waals surface area contributed by atoms with Gasteiger partial charge in [-0.05, 0) is 36.4 Å². The number of aromatic nitrogens is 5. The second-order valence-electron chi connectivity index (χ2n) is 7.44. The quantitative estimate of drug-likeness (QED) is 0.606. The number of aryl methyl sites for hydroxylation is 1. The molecule has 1 aliphatic rings. The summed E-state index contributed by atoms with van der Waals surface area (Å²) in [4.78, 5) is 12.8.